The lowest BCUT2D eigenvalue weighted by Gasteiger charge is -2.22. The molecule has 2 aromatic carbocycles. The molecule has 28 heavy (non-hydrogen) atoms. The molecule has 146 valence electrons. The molecule has 5 nitrogen and oxygen atoms in total. The Kier molecular flexibility index (Phi) is 4.63. The fraction of sp³-hybridized carbons (Fsp3) is 0.300. The van der Waals surface area contributed by atoms with Crippen LogP contribution in [-0.4, -0.2) is 40.3 Å². The zero-order valence-electron chi connectivity index (χ0n) is 15.7. The number of aromatic nitrogens is 2. The smallest absolute Gasteiger partial charge is 0.304 e. The number of likely N-dealkylation sites (N-methyl/N-ethyl adjacent to an activating group) is 1. The van der Waals surface area contributed by atoms with Crippen LogP contribution in [0.2, 0.25) is 0 Å². The maximum atomic E-state index is 14.6. The van der Waals surface area contributed by atoms with E-state index in [0.29, 0.717) is 39.2 Å². The third-order valence-electron chi connectivity index (χ3n) is 5.18. The number of benzene rings is 2. The number of nitrogens with one attached hydrogen (secondary N) is 1. The summed E-state index contributed by atoms with van der Waals surface area (Å²) in [6, 6.07) is 5.18. The molecule has 1 aliphatic heterocycles. The first-order valence-corrected chi connectivity index (χ1v) is 9.81. The summed E-state index contributed by atoms with van der Waals surface area (Å²) in [5.74, 6) is -0.665. The molecule has 1 aliphatic rings. The summed E-state index contributed by atoms with van der Waals surface area (Å²) in [5, 5.41) is 0.394. The van der Waals surface area contributed by atoms with E-state index in [0.717, 1.165) is 6.07 Å². The summed E-state index contributed by atoms with van der Waals surface area (Å²) in [5.41, 5.74) is 1.10. The van der Waals surface area contributed by atoms with Crippen molar-refractivity contribution in [2.75, 3.05) is 19.8 Å². The number of aryl methyl sites for hydroxylation is 1. The SMILES string of the molecule is Cc1cc2c(=O)[nH]c(=O)n3c2c(c1-c1ccc(F)cc1F)SC[C@H](N(C)C)C3. The maximum absolute atomic E-state index is 14.6. The number of hydrogen-bond acceptors (Lipinski definition) is 4. The van der Waals surface area contributed by atoms with E-state index in [1.54, 1.807) is 17.6 Å². The van der Waals surface area contributed by atoms with Gasteiger partial charge in [0.15, 0.2) is 0 Å². The molecule has 4 rings (SSSR count). The van der Waals surface area contributed by atoms with Crippen molar-refractivity contribution in [2.24, 2.45) is 0 Å². The average Bonchev–Trinajstić information content (AvgIpc) is 2.82. The van der Waals surface area contributed by atoms with Gasteiger partial charge in [0.25, 0.3) is 5.56 Å². The molecule has 0 fully saturated rings. The lowest BCUT2D eigenvalue weighted by atomic mass is 9.97. The van der Waals surface area contributed by atoms with Gasteiger partial charge in [0.1, 0.15) is 11.6 Å². The summed E-state index contributed by atoms with van der Waals surface area (Å²) in [6.07, 6.45) is 0. The van der Waals surface area contributed by atoms with Crippen LogP contribution < -0.4 is 11.2 Å². The predicted octanol–water partition coefficient (Wildman–Crippen LogP) is 2.98. The number of hydrogen-bond donors (Lipinski definition) is 1. The molecular weight excluding hydrogens is 384 g/mol. The molecule has 0 amide bonds. The number of rotatable bonds is 2. The second-order valence-electron chi connectivity index (χ2n) is 7.22. The lowest BCUT2D eigenvalue weighted by molar-refractivity contribution is 0.289. The molecule has 1 aromatic heterocycles. The highest BCUT2D eigenvalue weighted by molar-refractivity contribution is 7.99. The van der Waals surface area contributed by atoms with Gasteiger partial charge in [0.2, 0.25) is 0 Å². The summed E-state index contributed by atoms with van der Waals surface area (Å²) in [7, 11) is 3.86. The van der Waals surface area contributed by atoms with E-state index < -0.39 is 22.9 Å². The van der Waals surface area contributed by atoms with Crippen molar-refractivity contribution < 1.29 is 8.78 Å². The number of thioether (sulfide) groups is 1. The molecule has 0 unspecified atom stereocenters. The Morgan fingerprint density at radius 3 is 2.64 bits per heavy atom. The van der Waals surface area contributed by atoms with E-state index in [1.807, 2.05) is 19.0 Å². The van der Waals surface area contributed by atoms with Crippen molar-refractivity contribution in [2.45, 2.75) is 24.4 Å². The lowest BCUT2D eigenvalue weighted by Crippen LogP contribution is -2.39. The van der Waals surface area contributed by atoms with Crippen molar-refractivity contribution in [3.8, 4) is 11.1 Å². The maximum Gasteiger partial charge on any atom is 0.328 e. The van der Waals surface area contributed by atoms with Crippen LogP contribution in [0, 0.1) is 18.6 Å². The Labute approximate surface area is 164 Å². The summed E-state index contributed by atoms with van der Waals surface area (Å²) < 4.78 is 29.6. The van der Waals surface area contributed by atoms with Crippen molar-refractivity contribution in [3.05, 3.63) is 62.3 Å². The van der Waals surface area contributed by atoms with Crippen LogP contribution >= 0.6 is 11.8 Å². The van der Waals surface area contributed by atoms with Gasteiger partial charge in [-0.2, -0.15) is 0 Å². The standard InChI is InChI=1S/C20H19F2N3O2S/c1-10-6-14-17-18(16(10)13-5-4-11(21)7-15(13)22)28-9-12(24(2)3)8-25(17)20(27)23-19(14)26/h4-7,12H,8-9H2,1-3H3,(H,23,26,27)/t12-/m1/s1. The van der Waals surface area contributed by atoms with E-state index in [4.69, 9.17) is 0 Å². The van der Waals surface area contributed by atoms with E-state index in [2.05, 4.69) is 4.98 Å². The van der Waals surface area contributed by atoms with Gasteiger partial charge >= 0.3 is 5.69 Å². The monoisotopic (exact) mass is 403 g/mol. The van der Waals surface area contributed by atoms with Crippen LogP contribution in [0.5, 0.6) is 0 Å². The van der Waals surface area contributed by atoms with Gasteiger partial charge in [-0.1, -0.05) is 0 Å². The zero-order valence-corrected chi connectivity index (χ0v) is 16.5. The van der Waals surface area contributed by atoms with Crippen molar-refractivity contribution >= 4 is 22.7 Å². The molecule has 1 N–H and O–H groups in total. The van der Waals surface area contributed by atoms with Crippen LogP contribution in [0.15, 0.2) is 38.8 Å². The van der Waals surface area contributed by atoms with Gasteiger partial charge in [-0.05, 0) is 44.8 Å². The Hall–Kier alpha value is -2.45. The van der Waals surface area contributed by atoms with Crippen LogP contribution in [-0.2, 0) is 6.54 Å². The van der Waals surface area contributed by atoms with Crippen LogP contribution in [0.3, 0.4) is 0 Å². The van der Waals surface area contributed by atoms with Gasteiger partial charge in [-0.25, -0.2) is 13.6 Å². The highest BCUT2D eigenvalue weighted by Gasteiger charge is 2.26. The fourth-order valence-electron chi connectivity index (χ4n) is 3.65. The third kappa shape index (κ3) is 2.97. The van der Waals surface area contributed by atoms with Gasteiger partial charge in [0, 0.05) is 40.4 Å². The van der Waals surface area contributed by atoms with Gasteiger partial charge in [0.05, 0.1) is 10.9 Å². The normalized spacial score (nSPS) is 16.6. The molecule has 0 aliphatic carbocycles. The van der Waals surface area contributed by atoms with E-state index in [1.165, 1.54) is 23.9 Å². The number of nitrogens with zero attached hydrogens (tertiary/aromatic N) is 2. The molecule has 0 radical (unpaired) electrons. The van der Waals surface area contributed by atoms with E-state index in [9.17, 15) is 18.4 Å². The highest BCUT2D eigenvalue weighted by atomic mass is 32.2. The van der Waals surface area contributed by atoms with Crippen LogP contribution in [0.1, 0.15) is 5.56 Å². The number of halogens is 2. The third-order valence-corrected chi connectivity index (χ3v) is 6.41. The Morgan fingerprint density at radius 1 is 1.21 bits per heavy atom. The molecule has 8 heteroatoms. The fourth-order valence-corrected chi connectivity index (χ4v) is 5.18. The molecule has 2 heterocycles. The zero-order chi connectivity index (χ0) is 20.2. The molecule has 0 saturated heterocycles. The number of aromatic amines is 1. The average molecular weight is 403 g/mol. The Bertz CT molecular complexity index is 1220. The van der Waals surface area contributed by atoms with Crippen molar-refractivity contribution in [1.29, 1.82) is 0 Å². The second kappa shape index (κ2) is 6.86. The quantitative estimate of drug-likeness (QED) is 0.715. The Balaban J connectivity index is 2.12. The minimum Gasteiger partial charge on any atom is -0.304 e. The molecule has 0 saturated carbocycles. The summed E-state index contributed by atoms with van der Waals surface area (Å²) in [6.45, 7) is 2.20. The van der Waals surface area contributed by atoms with Gasteiger partial charge < -0.3 is 4.90 Å². The first-order chi connectivity index (χ1) is 13.3. The molecule has 0 spiro atoms. The molecular formula is C20H19F2N3O2S. The number of H-pyrrole nitrogens is 1. The molecule has 1 atom stereocenters. The van der Waals surface area contributed by atoms with Crippen molar-refractivity contribution in [3.63, 3.8) is 0 Å². The van der Waals surface area contributed by atoms with E-state index >= 15 is 0 Å². The van der Waals surface area contributed by atoms with Crippen LogP contribution in [0.25, 0.3) is 22.0 Å². The highest BCUT2D eigenvalue weighted by Crippen LogP contribution is 2.41. The topological polar surface area (TPSA) is 58.1 Å². The minimum atomic E-state index is -0.675. The second-order valence-corrected chi connectivity index (χ2v) is 8.25. The first kappa shape index (κ1) is 18.9. The van der Waals surface area contributed by atoms with Crippen molar-refractivity contribution in [1.82, 2.24) is 14.5 Å². The first-order valence-electron chi connectivity index (χ1n) is 8.83. The minimum absolute atomic E-state index is 0.0513. The molecule has 0 bridgehead atoms. The van der Waals surface area contributed by atoms with Crippen LogP contribution in [0.4, 0.5) is 8.78 Å². The summed E-state index contributed by atoms with van der Waals surface area (Å²) >= 11 is 1.49. The Morgan fingerprint density at radius 2 is 1.96 bits per heavy atom. The van der Waals surface area contributed by atoms with Gasteiger partial charge in [-0.15, -0.1) is 11.8 Å². The van der Waals surface area contributed by atoms with E-state index in [-0.39, 0.29) is 11.6 Å². The summed E-state index contributed by atoms with van der Waals surface area (Å²) in [4.78, 5) is 30.1. The predicted molar refractivity (Wildman–Crippen MR) is 107 cm³/mol. The molecule has 3 aromatic rings. The largest absolute Gasteiger partial charge is 0.328 e. The van der Waals surface area contributed by atoms with Gasteiger partial charge in [-0.3, -0.25) is 14.3 Å².